The fraction of sp³-hybridized carbons (Fsp3) is 0.176. The summed E-state index contributed by atoms with van der Waals surface area (Å²) in [4.78, 5) is 4.75. The Morgan fingerprint density at radius 1 is 1.10 bits per heavy atom. The van der Waals surface area contributed by atoms with Gasteiger partial charge in [-0.05, 0) is 41.5 Å². The first kappa shape index (κ1) is 12.4. The Morgan fingerprint density at radius 2 is 1.80 bits per heavy atom. The lowest BCUT2D eigenvalue weighted by molar-refractivity contribution is 0.737. The van der Waals surface area contributed by atoms with Gasteiger partial charge in [-0.1, -0.05) is 26.0 Å². The fourth-order valence-electron chi connectivity index (χ4n) is 2.66. The van der Waals surface area contributed by atoms with Crippen LogP contribution < -0.4 is 5.73 Å². The van der Waals surface area contributed by atoms with Gasteiger partial charge in [0, 0.05) is 11.1 Å². The van der Waals surface area contributed by atoms with Crippen LogP contribution in [0.1, 0.15) is 30.5 Å². The summed E-state index contributed by atoms with van der Waals surface area (Å²) in [7, 11) is 0. The van der Waals surface area contributed by atoms with Gasteiger partial charge in [0.25, 0.3) is 0 Å². The van der Waals surface area contributed by atoms with Gasteiger partial charge in [-0.2, -0.15) is 5.26 Å². The highest BCUT2D eigenvalue weighted by molar-refractivity contribution is 6.12. The normalized spacial score (nSPS) is 15.3. The molecule has 0 aliphatic carbocycles. The summed E-state index contributed by atoms with van der Waals surface area (Å²) in [6.45, 7) is 4.27. The van der Waals surface area contributed by atoms with E-state index in [0.29, 0.717) is 5.56 Å². The largest absolute Gasteiger partial charge is 0.399 e. The second-order valence-corrected chi connectivity index (χ2v) is 5.55. The highest BCUT2D eigenvalue weighted by atomic mass is 14.8. The molecule has 2 aromatic carbocycles. The molecule has 0 aromatic heterocycles. The Bertz CT molecular complexity index is 747. The summed E-state index contributed by atoms with van der Waals surface area (Å²) in [5.74, 6) is 0. The maximum atomic E-state index is 9.05. The molecule has 20 heavy (non-hydrogen) atoms. The first-order chi connectivity index (χ1) is 9.52. The van der Waals surface area contributed by atoms with E-state index in [1.807, 2.05) is 42.5 Å². The summed E-state index contributed by atoms with van der Waals surface area (Å²) < 4.78 is 0. The van der Waals surface area contributed by atoms with E-state index in [9.17, 15) is 0 Å². The summed E-state index contributed by atoms with van der Waals surface area (Å²) in [5, 5.41) is 9.05. The minimum Gasteiger partial charge on any atom is -0.399 e. The van der Waals surface area contributed by atoms with Crippen LogP contribution >= 0.6 is 0 Å². The van der Waals surface area contributed by atoms with Gasteiger partial charge in [-0.15, -0.1) is 0 Å². The molecule has 0 fully saturated rings. The number of nitrogen functional groups attached to an aromatic ring is 1. The molecule has 1 heterocycles. The topological polar surface area (TPSA) is 62.2 Å². The second-order valence-electron chi connectivity index (χ2n) is 5.55. The standard InChI is InChI=1S/C17H15N3/c1-17(2)14-9-11(10-18)3-8-15(14)20-16(17)12-4-6-13(19)7-5-12/h3-9H,19H2,1-2H3. The van der Waals surface area contributed by atoms with Crippen LogP contribution in [-0.2, 0) is 5.41 Å². The van der Waals surface area contributed by atoms with Crippen LogP contribution in [0.3, 0.4) is 0 Å². The van der Waals surface area contributed by atoms with Crippen molar-refractivity contribution in [3.05, 3.63) is 59.2 Å². The quantitative estimate of drug-likeness (QED) is 0.798. The second kappa shape index (κ2) is 4.21. The molecule has 3 rings (SSSR count). The monoisotopic (exact) mass is 261 g/mol. The van der Waals surface area contributed by atoms with Gasteiger partial charge in [-0.25, -0.2) is 0 Å². The van der Waals surface area contributed by atoms with Crippen LogP contribution in [0, 0.1) is 11.3 Å². The minimum absolute atomic E-state index is 0.210. The molecule has 2 N–H and O–H groups in total. The average molecular weight is 261 g/mol. The molecule has 0 amide bonds. The molecule has 3 nitrogen and oxygen atoms in total. The summed E-state index contributed by atoms with van der Waals surface area (Å²) in [6.07, 6.45) is 0. The van der Waals surface area contributed by atoms with Crippen LogP contribution in [-0.4, -0.2) is 5.71 Å². The summed E-state index contributed by atoms with van der Waals surface area (Å²) in [5.41, 5.74) is 11.1. The third-order valence-electron chi connectivity index (χ3n) is 3.81. The van der Waals surface area contributed by atoms with Crippen molar-refractivity contribution in [2.75, 3.05) is 5.73 Å². The first-order valence-corrected chi connectivity index (χ1v) is 6.52. The lowest BCUT2D eigenvalue weighted by atomic mass is 9.78. The Balaban J connectivity index is 2.13. The smallest absolute Gasteiger partial charge is 0.0991 e. The third-order valence-corrected chi connectivity index (χ3v) is 3.81. The zero-order chi connectivity index (χ0) is 14.3. The fourth-order valence-corrected chi connectivity index (χ4v) is 2.66. The van der Waals surface area contributed by atoms with Crippen molar-refractivity contribution in [1.82, 2.24) is 0 Å². The SMILES string of the molecule is CC1(C)C(c2ccc(N)cc2)=Nc2ccc(C#N)cc21. The number of nitriles is 1. The molecule has 0 saturated carbocycles. The number of fused-ring (bicyclic) bond motifs is 1. The minimum atomic E-state index is -0.210. The number of nitrogens with zero attached hydrogens (tertiary/aromatic N) is 2. The number of anilines is 1. The summed E-state index contributed by atoms with van der Waals surface area (Å²) >= 11 is 0. The van der Waals surface area contributed by atoms with Crippen molar-refractivity contribution in [3.8, 4) is 6.07 Å². The van der Waals surface area contributed by atoms with Gasteiger partial charge in [0.2, 0.25) is 0 Å². The molecular formula is C17H15N3. The van der Waals surface area contributed by atoms with E-state index in [1.54, 1.807) is 0 Å². The predicted octanol–water partition coefficient (Wildman–Crippen LogP) is 3.55. The molecule has 2 aromatic rings. The van der Waals surface area contributed by atoms with E-state index in [0.717, 1.165) is 28.2 Å². The maximum absolute atomic E-state index is 9.05. The van der Waals surface area contributed by atoms with Gasteiger partial charge >= 0.3 is 0 Å². The molecule has 0 radical (unpaired) electrons. The number of benzene rings is 2. The maximum Gasteiger partial charge on any atom is 0.0991 e. The molecule has 0 atom stereocenters. The molecule has 3 heteroatoms. The van der Waals surface area contributed by atoms with Gasteiger partial charge in [0.05, 0.1) is 23.0 Å². The highest BCUT2D eigenvalue weighted by Crippen LogP contribution is 2.42. The van der Waals surface area contributed by atoms with Crippen molar-refractivity contribution in [1.29, 1.82) is 5.26 Å². The van der Waals surface area contributed by atoms with Crippen molar-refractivity contribution < 1.29 is 0 Å². The molecule has 0 bridgehead atoms. The lowest BCUT2D eigenvalue weighted by Gasteiger charge is -2.22. The van der Waals surface area contributed by atoms with E-state index >= 15 is 0 Å². The van der Waals surface area contributed by atoms with Gasteiger partial charge in [0.15, 0.2) is 0 Å². The van der Waals surface area contributed by atoms with Crippen molar-refractivity contribution >= 4 is 17.1 Å². The molecule has 0 saturated heterocycles. The Kier molecular flexibility index (Phi) is 2.62. The molecule has 1 aliphatic heterocycles. The lowest BCUT2D eigenvalue weighted by Crippen LogP contribution is -2.26. The highest BCUT2D eigenvalue weighted by Gasteiger charge is 2.35. The van der Waals surface area contributed by atoms with Crippen LogP contribution in [0.25, 0.3) is 0 Å². The van der Waals surface area contributed by atoms with Crippen molar-refractivity contribution in [3.63, 3.8) is 0 Å². The molecular weight excluding hydrogens is 246 g/mol. The zero-order valence-corrected chi connectivity index (χ0v) is 11.5. The summed E-state index contributed by atoms with van der Waals surface area (Å²) in [6, 6.07) is 15.6. The molecule has 0 unspecified atom stereocenters. The van der Waals surface area contributed by atoms with E-state index in [2.05, 4.69) is 19.9 Å². The van der Waals surface area contributed by atoms with Crippen LogP contribution in [0.4, 0.5) is 11.4 Å². The van der Waals surface area contributed by atoms with Crippen LogP contribution in [0.15, 0.2) is 47.5 Å². The first-order valence-electron chi connectivity index (χ1n) is 6.52. The van der Waals surface area contributed by atoms with Crippen molar-refractivity contribution in [2.24, 2.45) is 4.99 Å². The number of nitrogens with two attached hydrogens (primary N) is 1. The van der Waals surface area contributed by atoms with Gasteiger partial charge in [0.1, 0.15) is 0 Å². The molecule has 98 valence electrons. The van der Waals surface area contributed by atoms with Crippen LogP contribution in [0.5, 0.6) is 0 Å². The number of hydrogen-bond donors (Lipinski definition) is 1. The zero-order valence-electron chi connectivity index (χ0n) is 11.5. The van der Waals surface area contributed by atoms with Crippen molar-refractivity contribution in [2.45, 2.75) is 19.3 Å². The number of aliphatic imine (C=N–C) groups is 1. The number of hydrogen-bond acceptors (Lipinski definition) is 3. The third kappa shape index (κ3) is 1.78. The Morgan fingerprint density at radius 3 is 2.45 bits per heavy atom. The molecule has 1 aliphatic rings. The van der Waals surface area contributed by atoms with E-state index in [-0.39, 0.29) is 5.41 Å². The average Bonchev–Trinajstić information content (AvgIpc) is 2.71. The van der Waals surface area contributed by atoms with Gasteiger partial charge < -0.3 is 5.73 Å². The van der Waals surface area contributed by atoms with E-state index in [1.165, 1.54) is 0 Å². The Hall–Kier alpha value is -2.60. The van der Waals surface area contributed by atoms with E-state index in [4.69, 9.17) is 16.0 Å². The predicted molar refractivity (Wildman–Crippen MR) is 81.2 cm³/mol. The number of rotatable bonds is 1. The van der Waals surface area contributed by atoms with Crippen LogP contribution in [0.2, 0.25) is 0 Å². The Labute approximate surface area is 118 Å². The van der Waals surface area contributed by atoms with E-state index < -0.39 is 0 Å². The molecule has 0 spiro atoms. The van der Waals surface area contributed by atoms with Gasteiger partial charge in [-0.3, -0.25) is 4.99 Å².